The number of furan rings is 1. The van der Waals surface area contributed by atoms with Crippen LogP contribution in [0.4, 0.5) is 5.69 Å². The fraction of sp³-hybridized carbons (Fsp3) is 0.333. The van der Waals surface area contributed by atoms with Crippen molar-refractivity contribution >= 4 is 34.9 Å². The predicted octanol–water partition coefficient (Wildman–Crippen LogP) is 2.97. The van der Waals surface area contributed by atoms with Gasteiger partial charge in [-0.3, -0.25) is 14.4 Å². The number of rotatable bonds is 11. The summed E-state index contributed by atoms with van der Waals surface area (Å²) in [6.45, 7) is 4.60. The number of ether oxygens (including phenoxy) is 1. The van der Waals surface area contributed by atoms with Crippen molar-refractivity contribution in [1.29, 1.82) is 0 Å². The average Bonchev–Trinajstić information content (AvgIpc) is 3.48. The van der Waals surface area contributed by atoms with Crippen molar-refractivity contribution < 1.29 is 23.5 Å². The number of primary amides is 1. The summed E-state index contributed by atoms with van der Waals surface area (Å²) in [5.74, 6) is -0.498. The summed E-state index contributed by atoms with van der Waals surface area (Å²) in [6.07, 6.45) is 2.21. The molecule has 1 aromatic carbocycles. The first kappa shape index (κ1) is 25.8. The molecule has 11 heteroatoms. The van der Waals surface area contributed by atoms with Crippen LogP contribution in [0.15, 0.2) is 47.1 Å². The zero-order valence-electron chi connectivity index (χ0n) is 19.8. The highest BCUT2D eigenvalue weighted by molar-refractivity contribution is 7.09. The van der Waals surface area contributed by atoms with E-state index in [1.807, 2.05) is 0 Å². The Kier molecular flexibility index (Phi) is 8.48. The average molecular weight is 500 g/mol. The molecule has 0 aliphatic heterocycles. The van der Waals surface area contributed by atoms with Crippen LogP contribution in [0.5, 0.6) is 5.75 Å². The number of aromatic nitrogens is 1. The van der Waals surface area contributed by atoms with Gasteiger partial charge < -0.3 is 30.8 Å². The van der Waals surface area contributed by atoms with E-state index in [1.165, 1.54) is 11.2 Å². The topological polar surface area (TPSA) is 154 Å². The van der Waals surface area contributed by atoms with Gasteiger partial charge in [-0.15, -0.1) is 0 Å². The molecule has 0 radical (unpaired) electrons. The molecule has 35 heavy (non-hydrogen) atoms. The molecular formula is C24H29N5O5S. The Labute approximate surface area is 207 Å². The maximum Gasteiger partial charge on any atom is 0.270 e. The van der Waals surface area contributed by atoms with E-state index in [0.29, 0.717) is 18.2 Å². The van der Waals surface area contributed by atoms with Crippen LogP contribution in [0.1, 0.15) is 57.8 Å². The van der Waals surface area contributed by atoms with Crippen molar-refractivity contribution in [1.82, 2.24) is 14.6 Å². The molecule has 0 aliphatic rings. The third-order valence-corrected chi connectivity index (χ3v) is 6.17. The Morgan fingerprint density at radius 1 is 1.20 bits per heavy atom. The Bertz CT molecular complexity index is 1160. The smallest absolute Gasteiger partial charge is 0.270 e. The van der Waals surface area contributed by atoms with Crippen LogP contribution in [0.25, 0.3) is 0 Å². The first-order chi connectivity index (χ1) is 16.7. The number of nitrogens with zero attached hydrogens (tertiary/aromatic N) is 2. The number of carbonyl (C=O) groups is 3. The summed E-state index contributed by atoms with van der Waals surface area (Å²) >= 11 is 0.756. The number of hydrogen-bond donors (Lipinski definition) is 3. The van der Waals surface area contributed by atoms with Gasteiger partial charge in [-0.25, -0.2) is 0 Å². The maximum absolute atomic E-state index is 13.8. The van der Waals surface area contributed by atoms with E-state index in [1.54, 1.807) is 43.5 Å². The van der Waals surface area contributed by atoms with Crippen molar-refractivity contribution in [3.63, 3.8) is 0 Å². The Morgan fingerprint density at radius 3 is 2.46 bits per heavy atom. The number of anilines is 1. The van der Waals surface area contributed by atoms with E-state index in [0.717, 1.165) is 23.5 Å². The molecule has 0 bridgehead atoms. The minimum atomic E-state index is -1.09. The summed E-state index contributed by atoms with van der Waals surface area (Å²) in [6, 6.07) is 9.28. The predicted molar refractivity (Wildman–Crippen MR) is 132 cm³/mol. The molecule has 0 spiro atoms. The summed E-state index contributed by atoms with van der Waals surface area (Å²) in [5, 5.41) is 2.90. The van der Waals surface area contributed by atoms with Gasteiger partial charge in [-0.2, -0.15) is 4.37 Å². The van der Waals surface area contributed by atoms with E-state index >= 15 is 0 Å². The highest BCUT2D eigenvalue weighted by Crippen LogP contribution is 2.30. The van der Waals surface area contributed by atoms with E-state index in [9.17, 15) is 14.4 Å². The Balaban J connectivity index is 2.03. The van der Waals surface area contributed by atoms with Crippen molar-refractivity contribution in [2.24, 2.45) is 11.7 Å². The van der Waals surface area contributed by atoms with Gasteiger partial charge in [0.2, 0.25) is 0 Å². The second-order valence-electron chi connectivity index (χ2n) is 8.31. The molecule has 186 valence electrons. The lowest BCUT2D eigenvalue weighted by molar-refractivity contribution is -0.126. The van der Waals surface area contributed by atoms with Crippen LogP contribution in [0, 0.1) is 5.92 Å². The van der Waals surface area contributed by atoms with Gasteiger partial charge in [0.05, 0.1) is 19.1 Å². The van der Waals surface area contributed by atoms with E-state index < -0.39 is 23.8 Å². The number of benzene rings is 1. The van der Waals surface area contributed by atoms with Crippen LogP contribution in [-0.4, -0.2) is 40.6 Å². The quantitative estimate of drug-likeness (QED) is 0.366. The van der Waals surface area contributed by atoms with Gasteiger partial charge in [0.25, 0.3) is 17.7 Å². The van der Waals surface area contributed by atoms with Crippen LogP contribution in [0.2, 0.25) is 0 Å². The molecule has 10 nitrogen and oxygen atoms in total. The second-order valence-corrected chi connectivity index (χ2v) is 9.08. The largest absolute Gasteiger partial charge is 0.497 e. The van der Waals surface area contributed by atoms with Gasteiger partial charge >= 0.3 is 0 Å². The molecule has 0 aliphatic carbocycles. The summed E-state index contributed by atoms with van der Waals surface area (Å²) in [5.41, 5.74) is 11.8. The molecule has 2 aromatic heterocycles. The molecule has 2 heterocycles. The zero-order chi connectivity index (χ0) is 25.5. The lowest BCUT2D eigenvalue weighted by atomic mass is 10.1. The summed E-state index contributed by atoms with van der Waals surface area (Å²) in [7, 11) is 1.56. The SMILES string of the molecule is COc1ccc(CN(C(=O)c2snc(C(N)=O)c2N)C(C(=O)NCCC(C)C)c2ccco2)cc1. The minimum absolute atomic E-state index is 0.0128. The molecule has 3 amide bonds. The van der Waals surface area contributed by atoms with Crippen LogP contribution in [0.3, 0.4) is 0 Å². The standard InChI is InChI=1S/C24H29N5O5S/c1-14(2)10-11-27-23(31)20(17-5-4-12-34-17)29(13-15-6-8-16(33-3)9-7-15)24(32)21-18(25)19(22(26)30)28-35-21/h4-9,12,14,20H,10-11,13,25H2,1-3H3,(H2,26,30)(H,27,31). The number of methoxy groups -OCH3 is 1. The fourth-order valence-corrected chi connectivity index (χ4v) is 4.18. The van der Waals surface area contributed by atoms with Gasteiger partial charge in [-0.1, -0.05) is 26.0 Å². The molecule has 1 unspecified atom stereocenters. The van der Waals surface area contributed by atoms with Gasteiger partial charge in [0.15, 0.2) is 11.7 Å². The molecular weight excluding hydrogens is 470 g/mol. The van der Waals surface area contributed by atoms with Crippen LogP contribution in [-0.2, 0) is 11.3 Å². The van der Waals surface area contributed by atoms with Crippen molar-refractivity contribution in [3.8, 4) is 5.75 Å². The molecule has 1 atom stereocenters. The molecule has 0 fully saturated rings. The highest BCUT2D eigenvalue weighted by Gasteiger charge is 2.36. The van der Waals surface area contributed by atoms with Crippen molar-refractivity contribution in [2.45, 2.75) is 32.9 Å². The van der Waals surface area contributed by atoms with E-state index in [4.69, 9.17) is 20.6 Å². The van der Waals surface area contributed by atoms with Gasteiger partial charge in [-0.05, 0) is 53.7 Å². The molecule has 5 N–H and O–H groups in total. The zero-order valence-corrected chi connectivity index (χ0v) is 20.6. The third-order valence-electron chi connectivity index (χ3n) is 5.32. The van der Waals surface area contributed by atoms with Crippen molar-refractivity contribution in [2.75, 3.05) is 19.4 Å². The van der Waals surface area contributed by atoms with Crippen LogP contribution >= 0.6 is 11.5 Å². The molecule has 0 saturated carbocycles. The summed E-state index contributed by atoms with van der Waals surface area (Å²) < 4.78 is 14.7. The number of nitrogen functional groups attached to an aromatic ring is 1. The second kappa shape index (κ2) is 11.5. The Morgan fingerprint density at radius 2 is 1.91 bits per heavy atom. The van der Waals surface area contributed by atoms with Crippen molar-refractivity contribution in [3.05, 3.63) is 64.6 Å². The van der Waals surface area contributed by atoms with E-state index in [2.05, 4.69) is 23.5 Å². The molecule has 0 saturated heterocycles. The van der Waals surface area contributed by atoms with E-state index in [-0.39, 0.29) is 28.6 Å². The number of amides is 3. The maximum atomic E-state index is 13.8. The first-order valence-electron chi connectivity index (χ1n) is 11.0. The molecule has 3 aromatic rings. The lowest BCUT2D eigenvalue weighted by Gasteiger charge is -2.30. The van der Waals surface area contributed by atoms with Gasteiger partial charge in [0.1, 0.15) is 16.4 Å². The number of nitrogens with two attached hydrogens (primary N) is 2. The number of carbonyl (C=O) groups excluding carboxylic acids is 3. The fourth-order valence-electron chi connectivity index (χ4n) is 3.42. The normalized spacial score (nSPS) is 11.8. The number of hydrogen-bond acceptors (Lipinski definition) is 8. The lowest BCUT2D eigenvalue weighted by Crippen LogP contribution is -2.43. The van der Waals surface area contributed by atoms with Gasteiger partial charge in [0, 0.05) is 13.1 Å². The van der Waals surface area contributed by atoms with Crippen LogP contribution < -0.4 is 21.5 Å². The molecule has 3 rings (SSSR count). The summed E-state index contributed by atoms with van der Waals surface area (Å²) in [4.78, 5) is 40.2. The highest BCUT2D eigenvalue weighted by atomic mass is 32.1. The monoisotopic (exact) mass is 499 g/mol. The minimum Gasteiger partial charge on any atom is -0.497 e. The first-order valence-corrected chi connectivity index (χ1v) is 11.8. The third kappa shape index (κ3) is 6.18. The Hall–Kier alpha value is -3.86. The number of nitrogens with one attached hydrogen (secondary N) is 1.